The molecule has 20 heavy (non-hydrogen) atoms. The van der Waals surface area contributed by atoms with Gasteiger partial charge in [0.2, 0.25) is 0 Å². The van der Waals surface area contributed by atoms with Crippen molar-refractivity contribution in [2.75, 3.05) is 17.2 Å². The molecule has 0 saturated carbocycles. The molecular formula is C15H14N4O. The molecule has 0 bridgehead atoms. The van der Waals surface area contributed by atoms with Gasteiger partial charge < -0.3 is 10.6 Å². The summed E-state index contributed by atoms with van der Waals surface area (Å²) in [5.41, 5.74) is 1.68. The van der Waals surface area contributed by atoms with Crippen molar-refractivity contribution >= 4 is 17.4 Å². The van der Waals surface area contributed by atoms with Crippen molar-refractivity contribution in [2.45, 2.75) is 6.92 Å². The molecule has 0 aliphatic carbocycles. The van der Waals surface area contributed by atoms with E-state index in [9.17, 15) is 4.79 Å². The van der Waals surface area contributed by atoms with Gasteiger partial charge in [0.05, 0.1) is 17.2 Å². The van der Waals surface area contributed by atoms with Crippen LogP contribution in [0.15, 0.2) is 42.6 Å². The minimum absolute atomic E-state index is 0.237. The number of nitrogens with one attached hydrogen (secondary N) is 2. The number of benzene rings is 1. The third-order valence-corrected chi connectivity index (χ3v) is 2.67. The lowest BCUT2D eigenvalue weighted by molar-refractivity contribution is 0.102. The van der Waals surface area contributed by atoms with Crippen LogP contribution in [0.1, 0.15) is 22.8 Å². The molecule has 0 fully saturated rings. The smallest absolute Gasteiger partial charge is 0.259 e. The fourth-order valence-electron chi connectivity index (χ4n) is 1.72. The SMILES string of the molecule is CCNc1ncccc1C(=O)Nc1ccc(C#N)cc1. The van der Waals surface area contributed by atoms with Gasteiger partial charge in [0.1, 0.15) is 5.82 Å². The summed E-state index contributed by atoms with van der Waals surface area (Å²) >= 11 is 0. The maximum Gasteiger partial charge on any atom is 0.259 e. The number of rotatable bonds is 4. The van der Waals surface area contributed by atoms with Crippen LogP contribution < -0.4 is 10.6 Å². The molecule has 5 heteroatoms. The Morgan fingerprint density at radius 2 is 2.05 bits per heavy atom. The first-order valence-corrected chi connectivity index (χ1v) is 6.25. The van der Waals surface area contributed by atoms with Crippen LogP contribution >= 0.6 is 0 Å². The van der Waals surface area contributed by atoms with Crippen LogP contribution in [0.3, 0.4) is 0 Å². The highest BCUT2D eigenvalue weighted by Crippen LogP contribution is 2.15. The van der Waals surface area contributed by atoms with E-state index in [0.717, 1.165) is 0 Å². The van der Waals surface area contributed by atoms with Crippen molar-refractivity contribution in [2.24, 2.45) is 0 Å². The van der Waals surface area contributed by atoms with Gasteiger partial charge in [-0.3, -0.25) is 4.79 Å². The highest BCUT2D eigenvalue weighted by molar-refractivity contribution is 6.07. The summed E-state index contributed by atoms with van der Waals surface area (Å²) in [5, 5.41) is 14.6. The molecule has 1 aromatic heterocycles. The van der Waals surface area contributed by atoms with Crippen LogP contribution in [0.4, 0.5) is 11.5 Å². The summed E-state index contributed by atoms with van der Waals surface area (Å²) in [7, 11) is 0. The molecule has 2 N–H and O–H groups in total. The van der Waals surface area contributed by atoms with E-state index in [2.05, 4.69) is 15.6 Å². The predicted molar refractivity (Wildman–Crippen MR) is 77.5 cm³/mol. The van der Waals surface area contributed by atoms with Crippen molar-refractivity contribution in [3.8, 4) is 6.07 Å². The van der Waals surface area contributed by atoms with E-state index in [1.54, 1.807) is 42.6 Å². The molecule has 100 valence electrons. The van der Waals surface area contributed by atoms with Crippen LogP contribution in [0, 0.1) is 11.3 Å². The van der Waals surface area contributed by atoms with Gasteiger partial charge in [-0.05, 0) is 43.3 Å². The highest BCUT2D eigenvalue weighted by atomic mass is 16.1. The third kappa shape index (κ3) is 3.12. The van der Waals surface area contributed by atoms with E-state index in [-0.39, 0.29) is 5.91 Å². The second kappa shape index (κ2) is 6.34. The largest absolute Gasteiger partial charge is 0.370 e. The number of amides is 1. The molecule has 1 aromatic carbocycles. The summed E-state index contributed by atoms with van der Waals surface area (Å²) in [5.74, 6) is 0.319. The predicted octanol–water partition coefficient (Wildman–Crippen LogP) is 2.64. The number of anilines is 2. The Morgan fingerprint density at radius 1 is 1.30 bits per heavy atom. The average Bonchev–Trinajstić information content (AvgIpc) is 2.49. The van der Waals surface area contributed by atoms with E-state index < -0.39 is 0 Å². The number of pyridine rings is 1. The maximum atomic E-state index is 12.2. The fraction of sp³-hybridized carbons (Fsp3) is 0.133. The van der Waals surface area contributed by atoms with Crippen molar-refractivity contribution in [1.82, 2.24) is 4.98 Å². The zero-order valence-electron chi connectivity index (χ0n) is 11.1. The molecule has 0 radical (unpaired) electrons. The van der Waals surface area contributed by atoms with Crippen molar-refractivity contribution < 1.29 is 4.79 Å². The zero-order chi connectivity index (χ0) is 14.4. The number of carbonyl (C=O) groups excluding carboxylic acids is 1. The van der Waals surface area contributed by atoms with Gasteiger partial charge in [-0.25, -0.2) is 4.98 Å². The summed E-state index contributed by atoms with van der Waals surface area (Å²) in [4.78, 5) is 16.4. The quantitative estimate of drug-likeness (QED) is 0.891. The monoisotopic (exact) mass is 266 g/mol. The summed E-state index contributed by atoms with van der Waals surface area (Å²) < 4.78 is 0. The molecular weight excluding hydrogens is 252 g/mol. The summed E-state index contributed by atoms with van der Waals surface area (Å²) in [6.45, 7) is 2.63. The number of carbonyl (C=O) groups is 1. The Bertz CT molecular complexity index is 644. The lowest BCUT2D eigenvalue weighted by Gasteiger charge is -2.09. The third-order valence-electron chi connectivity index (χ3n) is 2.67. The Morgan fingerprint density at radius 3 is 2.70 bits per heavy atom. The van der Waals surface area contributed by atoms with Crippen LogP contribution in [0.25, 0.3) is 0 Å². The normalized spacial score (nSPS) is 9.60. The Kier molecular flexibility index (Phi) is 4.30. The van der Waals surface area contributed by atoms with Crippen molar-refractivity contribution in [3.63, 3.8) is 0 Å². The average molecular weight is 266 g/mol. The van der Waals surface area contributed by atoms with E-state index in [0.29, 0.717) is 29.2 Å². The minimum atomic E-state index is -0.237. The van der Waals surface area contributed by atoms with Gasteiger partial charge in [-0.2, -0.15) is 5.26 Å². The molecule has 2 aromatic rings. The van der Waals surface area contributed by atoms with Crippen LogP contribution in [0.5, 0.6) is 0 Å². The molecule has 0 unspecified atom stereocenters. The first kappa shape index (κ1) is 13.6. The van der Waals surface area contributed by atoms with E-state index >= 15 is 0 Å². The number of nitriles is 1. The number of aromatic nitrogens is 1. The van der Waals surface area contributed by atoms with Gasteiger partial charge >= 0.3 is 0 Å². The van der Waals surface area contributed by atoms with Crippen LogP contribution in [-0.4, -0.2) is 17.4 Å². The minimum Gasteiger partial charge on any atom is -0.370 e. The number of hydrogen-bond acceptors (Lipinski definition) is 4. The molecule has 0 aliphatic rings. The standard InChI is InChI=1S/C15H14N4O/c1-2-17-14-13(4-3-9-18-14)15(20)19-12-7-5-11(10-16)6-8-12/h3-9H,2H2,1H3,(H,17,18)(H,19,20). The molecule has 0 atom stereocenters. The molecule has 1 amide bonds. The van der Waals surface area contributed by atoms with Crippen molar-refractivity contribution in [1.29, 1.82) is 5.26 Å². The maximum absolute atomic E-state index is 12.2. The highest BCUT2D eigenvalue weighted by Gasteiger charge is 2.11. The topological polar surface area (TPSA) is 77.8 Å². The van der Waals surface area contributed by atoms with E-state index in [1.165, 1.54) is 0 Å². The molecule has 2 rings (SSSR count). The van der Waals surface area contributed by atoms with Crippen molar-refractivity contribution in [3.05, 3.63) is 53.7 Å². The Labute approximate surface area is 117 Å². The van der Waals surface area contributed by atoms with Gasteiger partial charge in [-0.1, -0.05) is 0 Å². The lowest BCUT2D eigenvalue weighted by atomic mass is 10.2. The molecule has 0 saturated heterocycles. The summed E-state index contributed by atoms with van der Waals surface area (Å²) in [6.07, 6.45) is 1.64. The lowest BCUT2D eigenvalue weighted by Crippen LogP contribution is -2.15. The summed E-state index contributed by atoms with van der Waals surface area (Å²) in [6, 6.07) is 12.2. The van der Waals surface area contributed by atoms with Crippen LogP contribution in [-0.2, 0) is 0 Å². The first-order chi connectivity index (χ1) is 9.74. The van der Waals surface area contributed by atoms with Gasteiger partial charge in [0.15, 0.2) is 0 Å². The van der Waals surface area contributed by atoms with E-state index in [4.69, 9.17) is 5.26 Å². The second-order valence-electron chi connectivity index (χ2n) is 4.07. The first-order valence-electron chi connectivity index (χ1n) is 6.25. The van der Waals surface area contributed by atoms with E-state index in [1.807, 2.05) is 13.0 Å². The molecule has 1 heterocycles. The molecule has 0 spiro atoms. The second-order valence-corrected chi connectivity index (χ2v) is 4.07. The van der Waals surface area contributed by atoms with Crippen LogP contribution in [0.2, 0.25) is 0 Å². The molecule has 5 nitrogen and oxygen atoms in total. The Hall–Kier alpha value is -2.87. The Balaban J connectivity index is 2.17. The van der Waals surface area contributed by atoms with Gasteiger partial charge in [0, 0.05) is 18.4 Å². The number of hydrogen-bond donors (Lipinski definition) is 2. The number of nitrogens with zero attached hydrogens (tertiary/aromatic N) is 2. The zero-order valence-corrected chi connectivity index (χ0v) is 11.1. The molecule has 0 aliphatic heterocycles. The fourth-order valence-corrected chi connectivity index (χ4v) is 1.72. The van der Waals surface area contributed by atoms with Gasteiger partial charge in [0.25, 0.3) is 5.91 Å². The van der Waals surface area contributed by atoms with Gasteiger partial charge in [-0.15, -0.1) is 0 Å².